The van der Waals surface area contributed by atoms with E-state index in [1.807, 2.05) is 37.4 Å². The second-order valence-corrected chi connectivity index (χ2v) is 7.52. The van der Waals surface area contributed by atoms with E-state index in [4.69, 9.17) is 14.2 Å². The standard InChI is InChI=1S/C21H22N2O5/c1-20(2)16-12-15(26-4)6-7-17(16)22(3)21(20)9-8-13-10-14(23(24)25)11-18(27-5)19(13)28-21/h6-12H,1-5H3/t21-/m1/s1. The highest BCUT2D eigenvalue weighted by Gasteiger charge is 2.58. The van der Waals surface area contributed by atoms with Gasteiger partial charge in [0.1, 0.15) is 5.75 Å². The first-order valence-corrected chi connectivity index (χ1v) is 8.92. The van der Waals surface area contributed by atoms with Crippen LogP contribution in [0.1, 0.15) is 25.0 Å². The van der Waals surface area contributed by atoms with E-state index in [0.717, 1.165) is 17.0 Å². The number of hydrogen-bond acceptors (Lipinski definition) is 6. The van der Waals surface area contributed by atoms with Gasteiger partial charge in [0.15, 0.2) is 11.5 Å². The van der Waals surface area contributed by atoms with E-state index < -0.39 is 16.1 Å². The van der Waals surface area contributed by atoms with Gasteiger partial charge in [-0.3, -0.25) is 10.1 Å². The summed E-state index contributed by atoms with van der Waals surface area (Å²) >= 11 is 0. The Morgan fingerprint density at radius 2 is 1.89 bits per heavy atom. The SMILES string of the molecule is COc1ccc2c(c1)C(C)(C)[C@]1(C=Cc3cc([N+](=O)[O-])cc(OC)c3O1)N2C. The Labute approximate surface area is 163 Å². The minimum absolute atomic E-state index is 0.0353. The summed E-state index contributed by atoms with van der Waals surface area (Å²) in [5.74, 6) is 1.62. The van der Waals surface area contributed by atoms with E-state index in [0.29, 0.717) is 17.1 Å². The number of benzene rings is 2. The van der Waals surface area contributed by atoms with Crippen LogP contribution in [0.15, 0.2) is 36.4 Å². The van der Waals surface area contributed by atoms with Crippen molar-refractivity contribution in [3.63, 3.8) is 0 Å². The van der Waals surface area contributed by atoms with Crippen LogP contribution in [-0.4, -0.2) is 31.9 Å². The molecule has 2 aromatic rings. The fourth-order valence-electron chi connectivity index (χ4n) is 4.23. The summed E-state index contributed by atoms with van der Waals surface area (Å²) in [5.41, 5.74) is 1.49. The molecule has 0 radical (unpaired) electrons. The van der Waals surface area contributed by atoms with Crippen LogP contribution < -0.4 is 19.1 Å². The highest BCUT2D eigenvalue weighted by molar-refractivity contribution is 5.75. The van der Waals surface area contributed by atoms with Gasteiger partial charge in [-0.1, -0.05) is 0 Å². The van der Waals surface area contributed by atoms with Crippen molar-refractivity contribution in [2.24, 2.45) is 0 Å². The molecular weight excluding hydrogens is 360 g/mol. The number of ether oxygens (including phenoxy) is 3. The maximum atomic E-state index is 11.2. The van der Waals surface area contributed by atoms with Crippen LogP contribution in [-0.2, 0) is 5.41 Å². The van der Waals surface area contributed by atoms with Gasteiger partial charge in [0.2, 0.25) is 5.72 Å². The lowest BCUT2D eigenvalue weighted by Crippen LogP contribution is -2.58. The quantitative estimate of drug-likeness (QED) is 0.587. The van der Waals surface area contributed by atoms with Gasteiger partial charge < -0.3 is 19.1 Å². The van der Waals surface area contributed by atoms with Gasteiger partial charge in [-0.2, -0.15) is 0 Å². The minimum Gasteiger partial charge on any atom is -0.497 e. The molecule has 146 valence electrons. The summed E-state index contributed by atoms with van der Waals surface area (Å²) < 4.78 is 17.4. The van der Waals surface area contributed by atoms with Crippen LogP contribution in [0, 0.1) is 10.1 Å². The number of nitro benzene ring substituents is 1. The van der Waals surface area contributed by atoms with Gasteiger partial charge >= 0.3 is 0 Å². The topological polar surface area (TPSA) is 74.1 Å². The van der Waals surface area contributed by atoms with Crippen molar-refractivity contribution in [3.05, 3.63) is 57.6 Å². The second kappa shape index (κ2) is 5.89. The number of nitrogens with zero attached hydrogens (tertiary/aromatic N) is 2. The molecule has 7 nitrogen and oxygen atoms in total. The molecule has 2 aliphatic heterocycles. The third-order valence-corrected chi connectivity index (χ3v) is 5.88. The second-order valence-electron chi connectivity index (χ2n) is 7.52. The van der Waals surface area contributed by atoms with Crippen molar-refractivity contribution in [1.82, 2.24) is 0 Å². The predicted molar refractivity (Wildman–Crippen MR) is 106 cm³/mol. The molecular formula is C21H22N2O5. The molecule has 0 fully saturated rings. The molecule has 0 saturated heterocycles. The van der Waals surface area contributed by atoms with E-state index >= 15 is 0 Å². The molecule has 0 saturated carbocycles. The number of rotatable bonds is 3. The first-order chi connectivity index (χ1) is 13.2. The maximum Gasteiger partial charge on any atom is 0.274 e. The van der Waals surface area contributed by atoms with E-state index in [1.54, 1.807) is 7.11 Å². The van der Waals surface area contributed by atoms with Crippen molar-refractivity contribution in [2.45, 2.75) is 25.0 Å². The van der Waals surface area contributed by atoms with E-state index in [9.17, 15) is 10.1 Å². The van der Waals surface area contributed by atoms with Crippen LogP contribution in [0.3, 0.4) is 0 Å². The van der Waals surface area contributed by atoms with Crippen molar-refractivity contribution in [3.8, 4) is 17.2 Å². The fourth-order valence-corrected chi connectivity index (χ4v) is 4.23. The lowest BCUT2D eigenvalue weighted by Gasteiger charge is -2.45. The molecule has 1 spiro atoms. The van der Waals surface area contributed by atoms with Gasteiger partial charge in [0, 0.05) is 24.4 Å². The number of hydrogen-bond donors (Lipinski definition) is 0. The molecule has 4 rings (SSSR count). The predicted octanol–water partition coefficient (Wildman–Crippen LogP) is 4.14. The molecule has 0 aromatic heterocycles. The third kappa shape index (κ3) is 2.22. The summed E-state index contributed by atoms with van der Waals surface area (Å²) in [5, 5.41) is 11.2. The Hall–Kier alpha value is -3.22. The van der Waals surface area contributed by atoms with Gasteiger partial charge in [0.05, 0.1) is 30.6 Å². The zero-order chi connectivity index (χ0) is 20.3. The highest BCUT2D eigenvalue weighted by atomic mass is 16.6. The Morgan fingerprint density at radius 1 is 1.14 bits per heavy atom. The van der Waals surface area contributed by atoms with E-state index in [-0.39, 0.29) is 5.69 Å². The maximum absolute atomic E-state index is 11.2. The number of non-ortho nitro benzene ring substituents is 1. The molecule has 2 aromatic carbocycles. The highest BCUT2D eigenvalue weighted by Crippen LogP contribution is 2.56. The molecule has 0 unspecified atom stereocenters. The summed E-state index contributed by atoms with van der Waals surface area (Å²) in [6.07, 6.45) is 3.83. The number of likely N-dealkylation sites (N-methyl/N-ethyl adjacent to an activating group) is 1. The summed E-state index contributed by atoms with van der Waals surface area (Å²) in [7, 11) is 5.11. The molecule has 28 heavy (non-hydrogen) atoms. The Kier molecular flexibility index (Phi) is 3.82. The largest absolute Gasteiger partial charge is 0.497 e. The van der Waals surface area contributed by atoms with Crippen molar-refractivity contribution in [2.75, 3.05) is 26.2 Å². The number of fused-ring (bicyclic) bond motifs is 2. The molecule has 2 heterocycles. The van der Waals surface area contributed by atoms with Crippen molar-refractivity contribution >= 4 is 17.5 Å². The molecule has 1 atom stereocenters. The van der Waals surface area contributed by atoms with Crippen molar-refractivity contribution < 1.29 is 19.1 Å². The number of methoxy groups -OCH3 is 2. The number of anilines is 1. The van der Waals surface area contributed by atoms with Crippen LogP contribution in [0.4, 0.5) is 11.4 Å². The molecule has 0 amide bonds. The summed E-state index contributed by atoms with van der Waals surface area (Å²) in [6.45, 7) is 4.23. The first kappa shape index (κ1) is 18.2. The lowest BCUT2D eigenvalue weighted by atomic mass is 9.76. The minimum atomic E-state index is -0.807. The average molecular weight is 382 g/mol. The molecule has 2 aliphatic rings. The zero-order valence-corrected chi connectivity index (χ0v) is 16.5. The van der Waals surface area contributed by atoms with E-state index in [2.05, 4.69) is 18.7 Å². The Morgan fingerprint density at radius 3 is 2.54 bits per heavy atom. The summed E-state index contributed by atoms with van der Waals surface area (Å²) in [4.78, 5) is 12.9. The lowest BCUT2D eigenvalue weighted by molar-refractivity contribution is -0.385. The summed E-state index contributed by atoms with van der Waals surface area (Å²) in [6, 6.07) is 8.86. The normalized spacial score (nSPS) is 21.1. The zero-order valence-electron chi connectivity index (χ0n) is 16.5. The fraction of sp³-hybridized carbons (Fsp3) is 0.333. The van der Waals surface area contributed by atoms with Crippen molar-refractivity contribution in [1.29, 1.82) is 0 Å². The first-order valence-electron chi connectivity index (χ1n) is 8.92. The monoisotopic (exact) mass is 382 g/mol. The molecule has 0 bridgehead atoms. The Bertz CT molecular complexity index is 1010. The van der Waals surface area contributed by atoms with Crippen LogP contribution >= 0.6 is 0 Å². The molecule has 7 heteroatoms. The molecule has 0 N–H and O–H groups in total. The van der Waals surface area contributed by atoms with Gasteiger partial charge in [-0.05, 0) is 49.8 Å². The van der Waals surface area contributed by atoms with Crippen LogP contribution in [0.5, 0.6) is 17.2 Å². The van der Waals surface area contributed by atoms with Gasteiger partial charge in [-0.15, -0.1) is 0 Å². The van der Waals surface area contributed by atoms with Crippen LogP contribution in [0.2, 0.25) is 0 Å². The van der Waals surface area contributed by atoms with Gasteiger partial charge in [-0.25, -0.2) is 0 Å². The third-order valence-electron chi connectivity index (χ3n) is 5.88. The average Bonchev–Trinajstić information content (AvgIpc) is 2.85. The smallest absolute Gasteiger partial charge is 0.274 e. The Balaban J connectivity index is 1.88. The van der Waals surface area contributed by atoms with Crippen LogP contribution in [0.25, 0.3) is 6.08 Å². The molecule has 0 aliphatic carbocycles. The number of nitro groups is 1. The van der Waals surface area contributed by atoms with Gasteiger partial charge in [0.25, 0.3) is 5.69 Å². The van der Waals surface area contributed by atoms with E-state index in [1.165, 1.54) is 19.2 Å².